The minimum absolute atomic E-state index is 0.167. The minimum Gasteiger partial charge on any atom is -0.497 e. The van der Waals surface area contributed by atoms with Gasteiger partial charge >= 0.3 is 0 Å². The molecule has 0 spiro atoms. The first-order valence-electron chi connectivity index (χ1n) is 6.24. The number of nitrogens with one attached hydrogen (secondary N) is 1. The van der Waals surface area contributed by atoms with Crippen molar-refractivity contribution in [3.8, 4) is 5.75 Å². The topological polar surface area (TPSA) is 51.5 Å². The lowest BCUT2D eigenvalue weighted by Gasteiger charge is -2.05. The number of aryl methyl sites for hydroxylation is 1. The second-order valence-electron chi connectivity index (χ2n) is 4.18. The van der Waals surface area contributed by atoms with Gasteiger partial charge in [0.15, 0.2) is 5.76 Å². The van der Waals surface area contributed by atoms with Crippen molar-refractivity contribution in [1.82, 2.24) is 5.32 Å². The van der Waals surface area contributed by atoms with E-state index >= 15 is 0 Å². The summed E-state index contributed by atoms with van der Waals surface area (Å²) in [6.45, 7) is 0.631. The van der Waals surface area contributed by atoms with Gasteiger partial charge in [0.1, 0.15) is 5.75 Å². The maximum Gasteiger partial charge on any atom is 0.286 e. The lowest BCUT2D eigenvalue weighted by atomic mass is 10.1. The van der Waals surface area contributed by atoms with Gasteiger partial charge in [-0.15, -0.1) is 0 Å². The van der Waals surface area contributed by atoms with E-state index in [2.05, 4.69) is 5.32 Å². The number of ether oxygens (including phenoxy) is 1. The van der Waals surface area contributed by atoms with Crippen LogP contribution in [0.5, 0.6) is 5.75 Å². The van der Waals surface area contributed by atoms with Crippen LogP contribution in [-0.2, 0) is 6.42 Å². The van der Waals surface area contributed by atoms with Crippen molar-refractivity contribution in [1.29, 1.82) is 0 Å². The molecule has 4 nitrogen and oxygen atoms in total. The second-order valence-corrected chi connectivity index (χ2v) is 4.18. The molecule has 1 amide bonds. The largest absolute Gasteiger partial charge is 0.497 e. The van der Waals surface area contributed by atoms with Crippen molar-refractivity contribution in [3.63, 3.8) is 0 Å². The van der Waals surface area contributed by atoms with Gasteiger partial charge in [-0.1, -0.05) is 12.1 Å². The van der Waals surface area contributed by atoms with Gasteiger partial charge in [-0.2, -0.15) is 0 Å². The zero-order chi connectivity index (χ0) is 13.5. The third-order valence-electron chi connectivity index (χ3n) is 2.83. The summed E-state index contributed by atoms with van der Waals surface area (Å²) in [5.74, 6) is 1.04. The summed E-state index contributed by atoms with van der Waals surface area (Å²) in [6.07, 6.45) is 3.30. The summed E-state index contributed by atoms with van der Waals surface area (Å²) < 4.78 is 10.1. The number of benzene rings is 1. The fourth-order valence-electron chi connectivity index (χ4n) is 1.78. The summed E-state index contributed by atoms with van der Waals surface area (Å²) >= 11 is 0. The number of rotatable bonds is 6. The zero-order valence-corrected chi connectivity index (χ0v) is 10.9. The molecule has 0 saturated carbocycles. The molecule has 100 valence electrons. The van der Waals surface area contributed by atoms with Gasteiger partial charge < -0.3 is 14.5 Å². The third kappa shape index (κ3) is 3.88. The van der Waals surface area contributed by atoms with Gasteiger partial charge in [0.25, 0.3) is 5.91 Å². The van der Waals surface area contributed by atoms with Crippen LogP contribution in [0.25, 0.3) is 0 Å². The van der Waals surface area contributed by atoms with Crippen molar-refractivity contribution in [2.24, 2.45) is 0 Å². The van der Waals surface area contributed by atoms with Crippen LogP contribution in [-0.4, -0.2) is 19.6 Å². The molecular weight excluding hydrogens is 242 g/mol. The predicted molar refractivity (Wildman–Crippen MR) is 72.4 cm³/mol. The molecule has 0 radical (unpaired) electrons. The first kappa shape index (κ1) is 13.2. The number of carbonyl (C=O) groups excluding carboxylic acids is 1. The van der Waals surface area contributed by atoms with Crippen LogP contribution < -0.4 is 10.1 Å². The first-order chi connectivity index (χ1) is 9.29. The first-order valence-corrected chi connectivity index (χ1v) is 6.24. The van der Waals surface area contributed by atoms with Gasteiger partial charge in [0.05, 0.1) is 13.4 Å². The van der Waals surface area contributed by atoms with Gasteiger partial charge in [0, 0.05) is 6.54 Å². The SMILES string of the molecule is COc1ccc(CCCNC(=O)c2ccco2)cc1. The van der Waals surface area contributed by atoms with E-state index in [1.807, 2.05) is 24.3 Å². The molecular formula is C15H17NO3. The van der Waals surface area contributed by atoms with Crippen LogP contribution in [0.15, 0.2) is 47.1 Å². The normalized spacial score (nSPS) is 10.2. The van der Waals surface area contributed by atoms with Gasteiger partial charge in [0.2, 0.25) is 0 Å². The molecule has 0 fully saturated rings. The molecule has 4 heteroatoms. The predicted octanol–water partition coefficient (Wildman–Crippen LogP) is 2.65. The van der Waals surface area contributed by atoms with Crippen molar-refractivity contribution in [3.05, 3.63) is 54.0 Å². The highest BCUT2D eigenvalue weighted by molar-refractivity contribution is 5.91. The standard InChI is InChI=1S/C15H17NO3/c1-18-13-8-6-12(7-9-13)4-2-10-16-15(17)14-5-3-11-19-14/h3,5-9,11H,2,4,10H2,1H3,(H,16,17). The molecule has 19 heavy (non-hydrogen) atoms. The number of amides is 1. The lowest BCUT2D eigenvalue weighted by Crippen LogP contribution is -2.24. The number of methoxy groups -OCH3 is 1. The second kappa shape index (κ2) is 6.64. The molecule has 1 heterocycles. The fraction of sp³-hybridized carbons (Fsp3) is 0.267. The van der Waals surface area contributed by atoms with E-state index in [4.69, 9.17) is 9.15 Å². The van der Waals surface area contributed by atoms with Crippen LogP contribution in [0, 0.1) is 0 Å². The highest BCUT2D eigenvalue weighted by Crippen LogP contribution is 2.12. The Bertz CT molecular complexity index is 503. The molecule has 0 saturated heterocycles. The molecule has 2 aromatic rings. The zero-order valence-electron chi connectivity index (χ0n) is 10.9. The van der Waals surface area contributed by atoms with Crippen LogP contribution in [0.1, 0.15) is 22.5 Å². The van der Waals surface area contributed by atoms with Gasteiger partial charge in [-0.25, -0.2) is 0 Å². The molecule has 1 aromatic carbocycles. The van der Waals surface area contributed by atoms with E-state index in [-0.39, 0.29) is 5.91 Å². The number of carbonyl (C=O) groups is 1. The van der Waals surface area contributed by atoms with E-state index in [1.165, 1.54) is 11.8 Å². The van der Waals surface area contributed by atoms with Crippen molar-refractivity contribution in [2.45, 2.75) is 12.8 Å². The summed E-state index contributed by atoms with van der Waals surface area (Å²) in [6, 6.07) is 11.3. The van der Waals surface area contributed by atoms with Gasteiger partial charge in [-0.3, -0.25) is 4.79 Å². The summed E-state index contributed by atoms with van der Waals surface area (Å²) in [5, 5.41) is 2.82. The number of furan rings is 1. The lowest BCUT2D eigenvalue weighted by molar-refractivity contribution is 0.0925. The molecule has 1 N–H and O–H groups in total. The summed E-state index contributed by atoms with van der Waals surface area (Å²) in [7, 11) is 1.65. The smallest absolute Gasteiger partial charge is 0.286 e. The molecule has 0 aliphatic heterocycles. The molecule has 0 aliphatic carbocycles. The Labute approximate surface area is 112 Å². The molecule has 0 aliphatic rings. The molecule has 2 rings (SSSR count). The summed E-state index contributed by atoms with van der Waals surface area (Å²) in [5.41, 5.74) is 1.23. The molecule has 0 unspecified atom stereocenters. The monoisotopic (exact) mass is 259 g/mol. The van der Waals surface area contributed by atoms with Gasteiger partial charge in [-0.05, 0) is 42.7 Å². The van der Waals surface area contributed by atoms with Crippen molar-refractivity contribution in [2.75, 3.05) is 13.7 Å². The maximum absolute atomic E-state index is 11.6. The Kier molecular flexibility index (Phi) is 4.61. The maximum atomic E-state index is 11.6. The molecule has 0 bridgehead atoms. The van der Waals surface area contributed by atoms with E-state index in [0.717, 1.165) is 18.6 Å². The van der Waals surface area contributed by atoms with E-state index in [0.29, 0.717) is 12.3 Å². The number of hydrogen-bond acceptors (Lipinski definition) is 3. The van der Waals surface area contributed by atoms with Crippen LogP contribution in [0.4, 0.5) is 0 Å². The average molecular weight is 259 g/mol. The van der Waals surface area contributed by atoms with Crippen LogP contribution in [0.3, 0.4) is 0 Å². The fourth-order valence-corrected chi connectivity index (χ4v) is 1.78. The summed E-state index contributed by atoms with van der Waals surface area (Å²) in [4.78, 5) is 11.6. The molecule has 1 aromatic heterocycles. The Hall–Kier alpha value is -2.23. The van der Waals surface area contributed by atoms with Crippen molar-refractivity contribution >= 4 is 5.91 Å². The van der Waals surface area contributed by atoms with E-state index in [1.54, 1.807) is 19.2 Å². The average Bonchev–Trinajstić information content (AvgIpc) is 2.98. The highest BCUT2D eigenvalue weighted by Gasteiger charge is 2.06. The molecule has 0 atom stereocenters. The van der Waals surface area contributed by atoms with E-state index < -0.39 is 0 Å². The van der Waals surface area contributed by atoms with Crippen LogP contribution in [0.2, 0.25) is 0 Å². The highest BCUT2D eigenvalue weighted by atomic mass is 16.5. The quantitative estimate of drug-likeness (QED) is 0.811. The Morgan fingerprint density at radius 1 is 1.26 bits per heavy atom. The van der Waals surface area contributed by atoms with Crippen molar-refractivity contribution < 1.29 is 13.9 Å². The minimum atomic E-state index is -0.167. The number of hydrogen-bond donors (Lipinski definition) is 1. The Balaban J connectivity index is 1.70. The van der Waals surface area contributed by atoms with Crippen LogP contribution >= 0.6 is 0 Å². The van der Waals surface area contributed by atoms with E-state index in [9.17, 15) is 4.79 Å². The Morgan fingerprint density at radius 3 is 2.68 bits per heavy atom. The third-order valence-corrected chi connectivity index (χ3v) is 2.83. The Morgan fingerprint density at radius 2 is 2.05 bits per heavy atom.